The summed E-state index contributed by atoms with van der Waals surface area (Å²) in [6.45, 7) is 5.70. The molecule has 2 aromatic rings. The number of esters is 1. The minimum atomic E-state index is -0.593. The van der Waals surface area contributed by atoms with E-state index in [-0.39, 0.29) is 6.10 Å². The Kier molecular flexibility index (Phi) is 7.25. The lowest BCUT2D eigenvalue weighted by Crippen LogP contribution is -2.48. The van der Waals surface area contributed by atoms with Crippen LogP contribution in [0.15, 0.2) is 53.7 Å². The third-order valence-corrected chi connectivity index (χ3v) is 5.41. The van der Waals surface area contributed by atoms with Gasteiger partial charge >= 0.3 is 5.97 Å². The Morgan fingerprint density at radius 2 is 1.69 bits per heavy atom. The van der Waals surface area contributed by atoms with E-state index in [4.69, 9.17) is 31.2 Å². The van der Waals surface area contributed by atoms with E-state index >= 15 is 0 Å². The van der Waals surface area contributed by atoms with Crippen molar-refractivity contribution < 1.29 is 23.7 Å². The molecule has 1 atom stereocenters. The minimum Gasteiger partial charge on any atom is -0.495 e. The number of rotatable bonds is 7. The molecule has 0 radical (unpaired) electrons. The molecule has 0 unspecified atom stereocenters. The lowest BCUT2D eigenvalue weighted by molar-refractivity contribution is -0.136. The van der Waals surface area contributed by atoms with Gasteiger partial charge in [0.25, 0.3) is 0 Å². The molecule has 0 saturated carbocycles. The molecule has 1 heterocycles. The third kappa shape index (κ3) is 4.36. The van der Waals surface area contributed by atoms with Gasteiger partial charge in [-0.05, 0) is 51.2 Å². The highest BCUT2D eigenvalue weighted by molar-refractivity contribution is 7.80. The topological polar surface area (TPSA) is 69.3 Å². The van der Waals surface area contributed by atoms with Gasteiger partial charge in [-0.2, -0.15) is 0 Å². The molecular weight excluding hydrogens is 428 g/mol. The van der Waals surface area contributed by atoms with Crippen LogP contribution in [0.5, 0.6) is 17.2 Å². The van der Waals surface area contributed by atoms with Gasteiger partial charge in [0.05, 0.1) is 44.7 Å². The molecule has 7 nitrogen and oxygen atoms in total. The van der Waals surface area contributed by atoms with Gasteiger partial charge in [-0.1, -0.05) is 24.3 Å². The first-order valence-corrected chi connectivity index (χ1v) is 10.6. The van der Waals surface area contributed by atoms with Gasteiger partial charge in [0, 0.05) is 11.3 Å². The molecule has 0 saturated heterocycles. The van der Waals surface area contributed by atoms with Crippen molar-refractivity contribution >= 4 is 29.0 Å². The largest absolute Gasteiger partial charge is 0.495 e. The maximum atomic E-state index is 13.0. The number of nitrogens with one attached hydrogen (secondary N) is 1. The molecule has 8 heteroatoms. The summed E-state index contributed by atoms with van der Waals surface area (Å²) in [6.07, 6.45) is -0.0997. The van der Waals surface area contributed by atoms with Gasteiger partial charge in [0.1, 0.15) is 5.75 Å². The Labute approximate surface area is 193 Å². The number of allylic oxidation sites excluding steroid dienone is 1. The van der Waals surface area contributed by atoms with Crippen molar-refractivity contribution in [1.82, 2.24) is 5.32 Å². The molecule has 170 valence electrons. The fourth-order valence-electron chi connectivity index (χ4n) is 3.74. The highest BCUT2D eigenvalue weighted by atomic mass is 32.1. The van der Waals surface area contributed by atoms with Gasteiger partial charge in [0.15, 0.2) is 16.6 Å². The molecule has 1 aliphatic rings. The molecular formula is C24H28N2O5S. The van der Waals surface area contributed by atoms with Crippen molar-refractivity contribution in [3.8, 4) is 17.2 Å². The monoisotopic (exact) mass is 456 g/mol. The fraction of sp³-hybridized carbons (Fsp3) is 0.333. The lowest BCUT2D eigenvalue weighted by atomic mass is 9.93. The van der Waals surface area contributed by atoms with Crippen molar-refractivity contribution in [1.29, 1.82) is 0 Å². The van der Waals surface area contributed by atoms with Crippen LogP contribution in [0.1, 0.15) is 32.4 Å². The summed E-state index contributed by atoms with van der Waals surface area (Å²) in [6, 6.07) is 12.4. The van der Waals surface area contributed by atoms with Crippen LogP contribution < -0.4 is 24.4 Å². The minimum absolute atomic E-state index is 0.0997. The van der Waals surface area contributed by atoms with Gasteiger partial charge in [-0.3, -0.25) is 4.90 Å². The molecule has 0 bridgehead atoms. The Bertz CT molecular complexity index is 1050. The Morgan fingerprint density at radius 1 is 1.03 bits per heavy atom. The number of methoxy groups -OCH3 is 3. The van der Waals surface area contributed by atoms with Crippen LogP contribution in [0.25, 0.3) is 0 Å². The fourth-order valence-corrected chi connectivity index (χ4v) is 4.09. The smallest absolute Gasteiger partial charge is 0.337 e. The van der Waals surface area contributed by atoms with Crippen molar-refractivity contribution in [2.45, 2.75) is 32.9 Å². The predicted molar refractivity (Wildman–Crippen MR) is 127 cm³/mol. The van der Waals surface area contributed by atoms with Gasteiger partial charge < -0.3 is 24.3 Å². The number of ether oxygens (including phenoxy) is 4. The zero-order valence-corrected chi connectivity index (χ0v) is 19.9. The maximum Gasteiger partial charge on any atom is 0.337 e. The molecule has 3 rings (SSSR count). The molecule has 0 fully saturated rings. The number of carbonyl (C=O) groups is 1. The standard InChI is InChI=1S/C24H28N2O5S/c1-14(2)31-22-16(10-9-13-19(22)29-5)21-20(23(27)30-6)15(3)26(24(32)25-21)17-11-7-8-12-18(17)28-4/h7-14,21H,1-6H3,(H,25,32)/t21-/m1/s1. The number of nitrogens with zero attached hydrogens (tertiary/aromatic N) is 1. The number of benzene rings is 2. The summed E-state index contributed by atoms with van der Waals surface area (Å²) >= 11 is 5.74. The summed E-state index contributed by atoms with van der Waals surface area (Å²) in [7, 11) is 4.53. The van der Waals surface area contributed by atoms with E-state index in [2.05, 4.69) is 5.32 Å². The molecule has 0 aromatic heterocycles. The lowest BCUT2D eigenvalue weighted by Gasteiger charge is -2.38. The third-order valence-electron chi connectivity index (χ3n) is 5.11. The molecule has 32 heavy (non-hydrogen) atoms. The van der Waals surface area contributed by atoms with Crippen LogP contribution in [0.3, 0.4) is 0 Å². The van der Waals surface area contributed by atoms with Crippen LogP contribution in [-0.4, -0.2) is 38.5 Å². The molecule has 2 aromatic carbocycles. The second-order valence-corrected chi connectivity index (χ2v) is 7.81. The normalized spacial score (nSPS) is 16.0. The van der Waals surface area contributed by atoms with Crippen LogP contribution in [-0.2, 0) is 9.53 Å². The van der Waals surface area contributed by atoms with E-state index in [1.54, 1.807) is 19.1 Å². The molecule has 0 amide bonds. The number of thiocarbonyl (C=S) groups is 1. The van der Waals surface area contributed by atoms with Crippen molar-refractivity contribution in [3.05, 3.63) is 59.3 Å². The maximum absolute atomic E-state index is 13.0. The van der Waals surface area contributed by atoms with E-state index in [0.29, 0.717) is 39.3 Å². The van der Waals surface area contributed by atoms with Crippen LogP contribution in [0.2, 0.25) is 0 Å². The molecule has 0 spiro atoms. The first-order chi connectivity index (χ1) is 15.3. The van der Waals surface area contributed by atoms with Crippen molar-refractivity contribution in [2.24, 2.45) is 0 Å². The molecule has 1 aliphatic heterocycles. The van der Waals surface area contributed by atoms with Gasteiger partial charge in [-0.25, -0.2) is 4.79 Å². The second-order valence-electron chi connectivity index (χ2n) is 7.43. The van der Waals surface area contributed by atoms with Gasteiger partial charge in [-0.15, -0.1) is 0 Å². The zero-order chi connectivity index (χ0) is 23.4. The van der Waals surface area contributed by atoms with Crippen molar-refractivity contribution in [2.75, 3.05) is 26.2 Å². The highest BCUT2D eigenvalue weighted by Crippen LogP contribution is 2.43. The first kappa shape index (κ1) is 23.4. The molecule has 0 aliphatic carbocycles. The van der Waals surface area contributed by atoms with Gasteiger partial charge in [0.2, 0.25) is 0 Å². The SMILES string of the molecule is COC(=O)C1=C(C)N(c2ccccc2OC)C(=S)N[C@@H]1c1cccc(OC)c1OC(C)C. The number of hydrogen-bond donors (Lipinski definition) is 1. The Hall–Kier alpha value is -3.26. The summed E-state index contributed by atoms with van der Waals surface area (Å²) in [5.74, 6) is 1.27. The highest BCUT2D eigenvalue weighted by Gasteiger charge is 2.38. The Morgan fingerprint density at radius 3 is 2.31 bits per heavy atom. The second kappa shape index (κ2) is 9.91. The van der Waals surface area contributed by atoms with E-state index in [9.17, 15) is 4.79 Å². The van der Waals surface area contributed by atoms with Crippen LogP contribution in [0.4, 0.5) is 5.69 Å². The Balaban J connectivity index is 2.23. The van der Waals surface area contributed by atoms with E-state index in [1.165, 1.54) is 7.11 Å². The summed E-state index contributed by atoms with van der Waals surface area (Å²) in [4.78, 5) is 14.8. The number of anilines is 1. The van der Waals surface area contributed by atoms with E-state index in [0.717, 1.165) is 5.56 Å². The number of carbonyl (C=O) groups excluding carboxylic acids is 1. The van der Waals surface area contributed by atoms with E-state index in [1.807, 2.05) is 63.2 Å². The zero-order valence-electron chi connectivity index (χ0n) is 19.1. The summed E-state index contributed by atoms with van der Waals surface area (Å²) in [5.41, 5.74) is 2.48. The van der Waals surface area contributed by atoms with E-state index < -0.39 is 12.0 Å². The van der Waals surface area contributed by atoms with Crippen LogP contribution >= 0.6 is 12.2 Å². The quantitative estimate of drug-likeness (QED) is 0.487. The van der Waals surface area contributed by atoms with Crippen molar-refractivity contribution in [3.63, 3.8) is 0 Å². The number of hydrogen-bond acceptors (Lipinski definition) is 6. The number of para-hydroxylation sites is 3. The average Bonchev–Trinajstić information content (AvgIpc) is 2.78. The first-order valence-electron chi connectivity index (χ1n) is 10.2. The predicted octanol–water partition coefficient (Wildman–Crippen LogP) is 4.37. The summed E-state index contributed by atoms with van der Waals surface area (Å²) < 4.78 is 22.3. The van der Waals surface area contributed by atoms with Crippen LogP contribution in [0, 0.1) is 0 Å². The average molecular weight is 457 g/mol. The molecule has 1 N–H and O–H groups in total. The summed E-state index contributed by atoms with van der Waals surface area (Å²) in [5, 5.41) is 3.72.